The molecule has 2 aromatic rings. The molecule has 1 aliphatic rings. The number of nitrogens with two attached hydrogens (primary N) is 1. The first-order valence-corrected chi connectivity index (χ1v) is 7.50. The lowest BCUT2D eigenvalue weighted by Gasteiger charge is -2.16. The van der Waals surface area contributed by atoms with E-state index in [0.717, 1.165) is 18.5 Å². The average molecular weight is 304 g/mol. The molecule has 0 amide bonds. The van der Waals surface area contributed by atoms with E-state index in [1.165, 1.54) is 19.2 Å². The van der Waals surface area contributed by atoms with E-state index in [0.29, 0.717) is 28.4 Å². The Morgan fingerprint density at radius 2 is 1.81 bits per heavy atom. The number of anilines is 4. The van der Waals surface area contributed by atoms with Gasteiger partial charge in [-0.1, -0.05) is 36.6 Å². The van der Waals surface area contributed by atoms with Crippen molar-refractivity contribution in [1.82, 2.24) is 9.97 Å². The molecule has 1 heterocycles. The Bertz CT molecular complexity index is 625. The lowest BCUT2D eigenvalue weighted by molar-refractivity contribution is 0.750. The first-order valence-electron chi connectivity index (χ1n) is 7.12. The first kappa shape index (κ1) is 13.9. The molecule has 3 rings (SSSR count). The highest BCUT2D eigenvalue weighted by molar-refractivity contribution is 6.33. The van der Waals surface area contributed by atoms with E-state index in [9.17, 15) is 0 Å². The zero-order chi connectivity index (χ0) is 14.7. The maximum Gasteiger partial charge on any atom is 0.159 e. The van der Waals surface area contributed by atoms with E-state index in [4.69, 9.17) is 17.3 Å². The number of halogens is 1. The van der Waals surface area contributed by atoms with E-state index >= 15 is 0 Å². The zero-order valence-corrected chi connectivity index (χ0v) is 12.4. The van der Waals surface area contributed by atoms with Crippen LogP contribution in [0.5, 0.6) is 0 Å². The minimum Gasteiger partial charge on any atom is -0.393 e. The summed E-state index contributed by atoms with van der Waals surface area (Å²) >= 11 is 6.14. The fraction of sp³-hybridized carbons (Fsp3) is 0.333. The SMILES string of the molecule is Nc1c(Nc2ccccc2Cl)ncnc1NC1CCCC1. The van der Waals surface area contributed by atoms with Gasteiger partial charge >= 0.3 is 0 Å². The quantitative estimate of drug-likeness (QED) is 0.800. The normalized spacial score (nSPS) is 15.1. The molecule has 1 aromatic heterocycles. The highest BCUT2D eigenvalue weighted by atomic mass is 35.5. The van der Waals surface area contributed by atoms with Gasteiger partial charge in [0.15, 0.2) is 11.6 Å². The van der Waals surface area contributed by atoms with Gasteiger partial charge < -0.3 is 16.4 Å². The van der Waals surface area contributed by atoms with Crippen molar-refractivity contribution in [3.05, 3.63) is 35.6 Å². The van der Waals surface area contributed by atoms with E-state index in [1.54, 1.807) is 0 Å². The van der Waals surface area contributed by atoms with Gasteiger partial charge in [-0.05, 0) is 25.0 Å². The van der Waals surface area contributed by atoms with Crippen LogP contribution in [0.3, 0.4) is 0 Å². The Hall–Kier alpha value is -2.01. The number of para-hydroxylation sites is 1. The molecule has 0 saturated heterocycles. The van der Waals surface area contributed by atoms with Gasteiger partial charge in [0.25, 0.3) is 0 Å². The summed E-state index contributed by atoms with van der Waals surface area (Å²) in [6, 6.07) is 7.94. The second kappa shape index (κ2) is 6.18. The fourth-order valence-electron chi connectivity index (χ4n) is 2.56. The highest BCUT2D eigenvalue weighted by Crippen LogP contribution is 2.31. The second-order valence-corrected chi connectivity index (χ2v) is 5.62. The minimum atomic E-state index is 0.454. The molecule has 0 atom stereocenters. The third-order valence-corrected chi connectivity index (χ3v) is 4.04. The van der Waals surface area contributed by atoms with Crippen LogP contribution in [-0.4, -0.2) is 16.0 Å². The van der Waals surface area contributed by atoms with E-state index < -0.39 is 0 Å². The van der Waals surface area contributed by atoms with Gasteiger partial charge in [-0.3, -0.25) is 0 Å². The lowest BCUT2D eigenvalue weighted by Crippen LogP contribution is -2.17. The van der Waals surface area contributed by atoms with Crippen LogP contribution in [-0.2, 0) is 0 Å². The Balaban J connectivity index is 1.81. The van der Waals surface area contributed by atoms with E-state index in [-0.39, 0.29) is 0 Å². The number of nitrogens with one attached hydrogen (secondary N) is 2. The molecule has 4 N–H and O–H groups in total. The summed E-state index contributed by atoms with van der Waals surface area (Å²) in [4.78, 5) is 8.45. The summed E-state index contributed by atoms with van der Waals surface area (Å²) in [5, 5.41) is 7.18. The Morgan fingerprint density at radius 3 is 2.57 bits per heavy atom. The number of hydrogen-bond acceptors (Lipinski definition) is 5. The average Bonchev–Trinajstić information content (AvgIpc) is 2.98. The molecule has 21 heavy (non-hydrogen) atoms. The molecule has 0 bridgehead atoms. The van der Waals surface area contributed by atoms with Crippen molar-refractivity contribution in [2.45, 2.75) is 31.7 Å². The predicted molar refractivity (Wildman–Crippen MR) is 87.1 cm³/mol. The van der Waals surface area contributed by atoms with Gasteiger partial charge in [-0.2, -0.15) is 0 Å². The molecule has 0 unspecified atom stereocenters. The Labute approximate surface area is 128 Å². The van der Waals surface area contributed by atoms with Crippen molar-refractivity contribution in [3.63, 3.8) is 0 Å². The Morgan fingerprint density at radius 1 is 1.10 bits per heavy atom. The number of rotatable bonds is 4. The van der Waals surface area contributed by atoms with Crippen molar-refractivity contribution in [2.24, 2.45) is 0 Å². The van der Waals surface area contributed by atoms with Gasteiger partial charge in [-0.25, -0.2) is 9.97 Å². The number of nitrogen functional groups attached to an aromatic ring is 1. The molecule has 6 heteroatoms. The maximum absolute atomic E-state index is 6.17. The van der Waals surface area contributed by atoms with Gasteiger partial charge in [0, 0.05) is 6.04 Å². The number of aromatic nitrogens is 2. The van der Waals surface area contributed by atoms with Gasteiger partial charge in [-0.15, -0.1) is 0 Å². The molecule has 5 nitrogen and oxygen atoms in total. The van der Waals surface area contributed by atoms with Crippen molar-refractivity contribution < 1.29 is 0 Å². The van der Waals surface area contributed by atoms with Crippen LogP contribution in [0.25, 0.3) is 0 Å². The van der Waals surface area contributed by atoms with Crippen LogP contribution in [0.1, 0.15) is 25.7 Å². The van der Waals surface area contributed by atoms with Gasteiger partial charge in [0.05, 0.1) is 10.7 Å². The van der Waals surface area contributed by atoms with Crippen molar-refractivity contribution >= 4 is 34.6 Å². The summed E-state index contributed by atoms with van der Waals surface area (Å²) in [5.74, 6) is 1.25. The Kier molecular flexibility index (Phi) is 4.10. The monoisotopic (exact) mass is 303 g/mol. The largest absolute Gasteiger partial charge is 0.393 e. The van der Waals surface area contributed by atoms with Crippen LogP contribution < -0.4 is 16.4 Å². The molecule has 110 valence electrons. The van der Waals surface area contributed by atoms with Crippen LogP contribution >= 0.6 is 11.6 Å². The molecule has 0 aliphatic heterocycles. The molecule has 0 radical (unpaired) electrons. The fourth-order valence-corrected chi connectivity index (χ4v) is 2.75. The summed E-state index contributed by atoms with van der Waals surface area (Å²) < 4.78 is 0. The molecular weight excluding hydrogens is 286 g/mol. The predicted octanol–water partition coefficient (Wildman–Crippen LogP) is 3.81. The zero-order valence-electron chi connectivity index (χ0n) is 11.6. The van der Waals surface area contributed by atoms with E-state index in [1.807, 2.05) is 24.3 Å². The lowest BCUT2D eigenvalue weighted by atomic mass is 10.2. The first-order chi connectivity index (χ1) is 10.2. The smallest absolute Gasteiger partial charge is 0.159 e. The van der Waals surface area contributed by atoms with Crippen LogP contribution in [0, 0.1) is 0 Å². The van der Waals surface area contributed by atoms with Crippen LogP contribution in [0.4, 0.5) is 23.0 Å². The topological polar surface area (TPSA) is 75.9 Å². The summed E-state index contributed by atoms with van der Waals surface area (Å²) in [5.41, 5.74) is 7.46. The van der Waals surface area contributed by atoms with E-state index in [2.05, 4.69) is 20.6 Å². The van der Waals surface area contributed by atoms with Crippen LogP contribution in [0.2, 0.25) is 5.02 Å². The molecular formula is C15H18ClN5. The van der Waals surface area contributed by atoms with Crippen molar-refractivity contribution in [2.75, 3.05) is 16.4 Å². The third kappa shape index (κ3) is 3.19. The number of nitrogens with zero attached hydrogens (tertiary/aromatic N) is 2. The number of benzene rings is 1. The molecule has 1 aromatic carbocycles. The molecule has 1 fully saturated rings. The van der Waals surface area contributed by atoms with Crippen molar-refractivity contribution in [1.29, 1.82) is 0 Å². The molecule has 0 spiro atoms. The summed E-state index contributed by atoms with van der Waals surface area (Å²) in [6.07, 6.45) is 6.35. The maximum atomic E-state index is 6.17. The second-order valence-electron chi connectivity index (χ2n) is 5.22. The summed E-state index contributed by atoms with van der Waals surface area (Å²) in [6.45, 7) is 0. The number of hydrogen-bond donors (Lipinski definition) is 3. The van der Waals surface area contributed by atoms with Crippen LogP contribution in [0.15, 0.2) is 30.6 Å². The third-order valence-electron chi connectivity index (χ3n) is 3.71. The van der Waals surface area contributed by atoms with Crippen molar-refractivity contribution in [3.8, 4) is 0 Å². The molecule has 1 aliphatic carbocycles. The highest BCUT2D eigenvalue weighted by Gasteiger charge is 2.17. The molecule has 1 saturated carbocycles. The minimum absolute atomic E-state index is 0.454. The van der Waals surface area contributed by atoms with Gasteiger partial charge in [0.1, 0.15) is 12.0 Å². The van der Waals surface area contributed by atoms with Gasteiger partial charge in [0.2, 0.25) is 0 Å². The summed E-state index contributed by atoms with van der Waals surface area (Å²) in [7, 11) is 0. The standard InChI is InChI=1S/C15H18ClN5/c16-11-7-3-4-8-12(11)21-15-13(17)14(18-9-19-15)20-10-5-1-2-6-10/h3-4,7-10H,1-2,5-6,17H2,(H2,18,19,20,21).